The Morgan fingerprint density at radius 1 is 1.18 bits per heavy atom. The van der Waals surface area contributed by atoms with Crippen LogP contribution in [0.15, 0.2) is 24.7 Å². The third-order valence-corrected chi connectivity index (χ3v) is 5.02. The molecular weight excluding hydrogens is 395 g/mol. The van der Waals surface area contributed by atoms with E-state index in [1.54, 1.807) is 13.3 Å². The zero-order valence-corrected chi connectivity index (χ0v) is 16.4. The van der Waals surface area contributed by atoms with Gasteiger partial charge in [0.25, 0.3) is 0 Å². The SMILES string of the molecule is COCCn1ccnc1CN1CCCN(c2ncc(C(F)(F)F)cc2Cl)CC1. The maximum atomic E-state index is 12.8. The molecule has 1 saturated heterocycles. The molecule has 1 aliphatic rings. The summed E-state index contributed by atoms with van der Waals surface area (Å²) in [4.78, 5) is 12.6. The smallest absolute Gasteiger partial charge is 0.383 e. The van der Waals surface area contributed by atoms with Crippen molar-refractivity contribution in [2.45, 2.75) is 25.7 Å². The van der Waals surface area contributed by atoms with Crippen LogP contribution in [0.5, 0.6) is 0 Å². The summed E-state index contributed by atoms with van der Waals surface area (Å²) < 4.78 is 45.6. The number of aromatic nitrogens is 3. The van der Waals surface area contributed by atoms with Crippen LogP contribution in [-0.2, 0) is 24.0 Å². The van der Waals surface area contributed by atoms with Crippen LogP contribution in [0.3, 0.4) is 0 Å². The topological polar surface area (TPSA) is 46.4 Å². The van der Waals surface area contributed by atoms with Gasteiger partial charge < -0.3 is 14.2 Å². The lowest BCUT2D eigenvalue weighted by atomic mass is 10.2. The van der Waals surface area contributed by atoms with Crippen molar-refractivity contribution in [3.63, 3.8) is 0 Å². The second-order valence-electron chi connectivity index (χ2n) is 6.67. The van der Waals surface area contributed by atoms with Gasteiger partial charge in [0.05, 0.1) is 23.7 Å². The van der Waals surface area contributed by atoms with E-state index in [2.05, 4.69) is 19.4 Å². The van der Waals surface area contributed by atoms with Crippen LogP contribution < -0.4 is 4.90 Å². The molecule has 3 heterocycles. The van der Waals surface area contributed by atoms with Crippen molar-refractivity contribution in [3.05, 3.63) is 41.1 Å². The van der Waals surface area contributed by atoms with E-state index in [-0.39, 0.29) is 5.02 Å². The first-order valence-electron chi connectivity index (χ1n) is 9.07. The third-order valence-electron chi connectivity index (χ3n) is 4.74. The molecule has 0 atom stereocenters. The van der Waals surface area contributed by atoms with Crippen LogP contribution in [0.4, 0.5) is 19.0 Å². The Kier molecular flexibility index (Phi) is 6.79. The van der Waals surface area contributed by atoms with Gasteiger partial charge in [-0.25, -0.2) is 9.97 Å². The fourth-order valence-corrected chi connectivity index (χ4v) is 3.53. The molecule has 0 unspecified atom stereocenters. The number of anilines is 1. The van der Waals surface area contributed by atoms with Gasteiger partial charge in [0.2, 0.25) is 0 Å². The quantitative estimate of drug-likeness (QED) is 0.721. The van der Waals surface area contributed by atoms with Gasteiger partial charge in [-0.3, -0.25) is 4.90 Å². The Hall–Kier alpha value is -1.84. The molecule has 0 aromatic carbocycles. The first kappa shape index (κ1) is 20.9. The monoisotopic (exact) mass is 417 g/mol. The lowest BCUT2D eigenvalue weighted by Gasteiger charge is -2.24. The molecule has 3 rings (SSSR count). The number of nitrogens with zero attached hydrogens (tertiary/aromatic N) is 5. The summed E-state index contributed by atoms with van der Waals surface area (Å²) in [5, 5.41) is 0.0263. The Balaban J connectivity index is 1.63. The molecule has 2 aromatic rings. The van der Waals surface area contributed by atoms with Crippen LogP contribution >= 0.6 is 11.6 Å². The number of imidazole rings is 1. The summed E-state index contributed by atoms with van der Waals surface area (Å²) in [7, 11) is 1.67. The van der Waals surface area contributed by atoms with Crippen LogP contribution in [-0.4, -0.2) is 59.3 Å². The van der Waals surface area contributed by atoms with E-state index in [1.807, 2.05) is 11.1 Å². The highest BCUT2D eigenvalue weighted by Gasteiger charge is 2.32. The van der Waals surface area contributed by atoms with E-state index in [0.29, 0.717) is 32.1 Å². The van der Waals surface area contributed by atoms with Crippen molar-refractivity contribution in [2.75, 3.05) is 44.8 Å². The molecule has 0 saturated carbocycles. The highest BCUT2D eigenvalue weighted by molar-refractivity contribution is 6.33. The number of hydrogen-bond acceptors (Lipinski definition) is 5. The third kappa shape index (κ3) is 5.15. The van der Waals surface area contributed by atoms with E-state index in [1.165, 1.54) is 0 Å². The second-order valence-corrected chi connectivity index (χ2v) is 7.08. The van der Waals surface area contributed by atoms with Gasteiger partial charge in [0.15, 0.2) is 0 Å². The maximum absolute atomic E-state index is 12.8. The zero-order valence-electron chi connectivity index (χ0n) is 15.6. The molecule has 0 aliphatic carbocycles. The molecule has 6 nitrogen and oxygen atoms in total. The molecule has 2 aromatic heterocycles. The van der Waals surface area contributed by atoms with Gasteiger partial charge in [0, 0.05) is 58.4 Å². The maximum Gasteiger partial charge on any atom is 0.417 e. The Morgan fingerprint density at radius 3 is 2.71 bits per heavy atom. The first-order chi connectivity index (χ1) is 13.4. The number of ether oxygens (including phenoxy) is 1. The summed E-state index contributed by atoms with van der Waals surface area (Å²) in [5.41, 5.74) is -0.833. The van der Waals surface area contributed by atoms with E-state index < -0.39 is 11.7 Å². The number of hydrogen-bond donors (Lipinski definition) is 0. The average Bonchev–Trinajstić information content (AvgIpc) is 2.95. The van der Waals surface area contributed by atoms with Crippen molar-refractivity contribution in [1.82, 2.24) is 19.4 Å². The van der Waals surface area contributed by atoms with Crippen LogP contribution in [0.1, 0.15) is 17.8 Å². The molecule has 0 radical (unpaired) electrons. The number of pyridine rings is 1. The summed E-state index contributed by atoms with van der Waals surface area (Å²) >= 11 is 6.10. The highest BCUT2D eigenvalue weighted by Crippen LogP contribution is 2.33. The Labute approximate surface area is 166 Å². The van der Waals surface area contributed by atoms with Gasteiger partial charge in [-0.1, -0.05) is 11.6 Å². The lowest BCUT2D eigenvalue weighted by Crippen LogP contribution is -2.32. The predicted octanol–water partition coefficient (Wildman–Crippen LogP) is 3.31. The van der Waals surface area contributed by atoms with E-state index >= 15 is 0 Å². The molecular formula is C18H23ClF3N5O. The first-order valence-corrected chi connectivity index (χ1v) is 9.45. The van der Waals surface area contributed by atoms with E-state index in [0.717, 1.165) is 44.1 Å². The van der Waals surface area contributed by atoms with Crippen molar-refractivity contribution in [1.29, 1.82) is 0 Å². The van der Waals surface area contributed by atoms with Crippen LogP contribution in [0.25, 0.3) is 0 Å². The van der Waals surface area contributed by atoms with E-state index in [9.17, 15) is 13.2 Å². The van der Waals surface area contributed by atoms with Crippen molar-refractivity contribution in [2.24, 2.45) is 0 Å². The van der Waals surface area contributed by atoms with E-state index in [4.69, 9.17) is 16.3 Å². The zero-order chi connectivity index (χ0) is 20.1. The normalized spacial score (nSPS) is 16.4. The highest BCUT2D eigenvalue weighted by atomic mass is 35.5. The molecule has 28 heavy (non-hydrogen) atoms. The fraction of sp³-hybridized carbons (Fsp3) is 0.556. The standard InChI is InChI=1S/C18H23ClF3N5O/c1-28-10-9-26-6-3-23-16(26)13-25-4-2-5-27(8-7-25)17-15(19)11-14(12-24-17)18(20,21)22/h3,6,11-12H,2,4-5,7-10,13H2,1H3. The molecule has 0 bridgehead atoms. The molecule has 0 spiro atoms. The Bertz CT molecular complexity index is 783. The summed E-state index contributed by atoms with van der Waals surface area (Å²) in [6, 6.07) is 0.944. The summed E-state index contributed by atoms with van der Waals surface area (Å²) in [6.45, 7) is 5.01. The molecule has 154 valence electrons. The van der Waals surface area contributed by atoms with Gasteiger partial charge in [-0.2, -0.15) is 13.2 Å². The minimum absolute atomic E-state index is 0.0263. The summed E-state index contributed by atoms with van der Waals surface area (Å²) in [5.74, 6) is 1.37. The second kappa shape index (κ2) is 9.11. The molecule has 1 aliphatic heterocycles. The number of rotatable bonds is 6. The van der Waals surface area contributed by atoms with Crippen LogP contribution in [0, 0.1) is 0 Å². The molecule has 0 amide bonds. The predicted molar refractivity (Wildman–Crippen MR) is 100 cm³/mol. The van der Waals surface area contributed by atoms with Gasteiger partial charge in [-0.15, -0.1) is 0 Å². The fourth-order valence-electron chi connectivity index (χ4n) is 3.24. The van der Waals surface area contributed by atoms with Gasteiger partial charge in [-0.05, 0) is 12.5 Å². The molecule has 10 heteroatoms. The minimum atomic E-state index is -4.45. The van der Waals surface area contributed by atoms with Crippen molar-refractivity contribution < 1.29 is 17.9 Å². The average molecular weight is 418 g/mol. The summed E-state index contributed by atoms with van der Waals surface area (Å²) in [6.07, 6.45) is 0.967. The van der Waals surface area contributed by atoms with Crippen molar-refractivity contribution in [3.8, 4) is 0 Å². The van der Waals surface area contributed by atoms with Crippen LogP contribution in [0.2, 0.25) is 5.02 Å². The van der Waals surface area contributed by atoms with Gasteiger partial charge in [0.1, 0.15) is 11.6 Å². The number of alkyl halides is 3. The number of halogens is 4. The lowest BCUT2D eigenvalue weighted by molar-refractivity contribution is -0.137. The minimum Gasteiger partial charge on any atom is -0.383 e. The largest absolute Gasteiger partial charge is 0.417 e. The number of methoxy groups -OCH3 is 1. The molecule has 1 fully saturated rings. The van der Waals surface area contributed by atoms with Crippen molar-refractivity contribution >= 4 is 17.4 Å². The Morgan fingerprint density at radius 2 is 2.00 bits per heavy atom. The van der Waals surface area contributed by atoms with Gasteiger partial charge >= 0.3 is 6.18 Å². The molecule has 0 N–H and O–H groups in total.